The molecule has 0 heterocycles. The summed E-state index contributed by atoms with van der Waals surface area (Å²) in [4.78, 5) is 25.6. The lowest BCUT2D eigenvalue weighted by Crippen LogP contribution is -2.46. The van der Waals surface area contributed by atoms with Gasteiger partial charge in [0, 0.05) is 6.42 Å². The van der Waals surface area contributed by atoms with Crippen molar-refractivity contribution in [3.05, 3.63) is 72.9 Å². The van der Waals surface area contributed by atoms with Crippen molar-refractivity contribution >= 4 is 13.7 Å². The Bertz CT molecular complexity index is 1500. The Morgan fingerprint density at radius 1 is 0.462 bits per heavy atom. The first-order valence-corrected chi connectivity index (χ1v) is 34.7. The third-order valence-electron chi connectivity index (χ3n) is 15.0. The highest BCUT2D eigenvalue weighted by molar-refractivity contribution is 7.45. The number of aliphatic hydroxyl groups excluding tert-OH is 1. The van der Waals surface area contributed by atoms with Crippen LogP contribution in [0.25, 0.3) is 0 Å². The van der Waals surface area contributed by atoms with Gasteiger partial charge in [0.1, 0.15) is 13.2 Å². The number of carbonyl (C=O) groups excluding carboxylic acids is 1. The summed E-state index contributed by atoms with van der Waals surface area (Å²) in [5.41, 5.74) is 0. The van der Waals surface area contributed by atoms with E-state index in [0.29, 0.717) is 23.9 Å². The van der Waals surface area contributed by atoms with Gasteiger partial charge in [-0.15, -0.1) is 0 Å². The van der Waals surface area contributed by atoms with E-state index in [1.54, 1.807) is 0 Å². The number of rotatable bonds is 61. The van der Waals surface area contributed by atoms with Crippen LogP contribution in [-0.2, 0) is 18.4 Å². The molecular formula is C69H129N2O6P. The minimum atomic E-state index is -4.59. The number of hydrogen-bond acceptors (Lipinski definition) is 6. The zero-order valence-electron chi connectivity index (χ0n) is 52.1. The van der Waals surface area contributed by atoms with Crippen LogP contribution in [0.1, 0.15) is 309 Å². The molecule has 0 aromatic heterocycles. The van der Waals surface area contributed by atoms with Crippen LogP contribution in [0, 0.1) is 0 Å². The van der Waals surface area contributed by atoms with E-state index < -0.39 is 20.0 Å². The number of hydrogen-bond donors (Lipinski definition) is 2. The normalized spacial score (nSPS) is 14.2. The maximum Gasteiger partial charge on any atom is 0.268 e. The van der Waals surface area contributed by atoms with E-state index in [1.807, 2.05) is 21.1 Å². The number of amides is 1. The van der Waals surface area contributed by atoms with Crippen LogP contribution in [0.15, 0.2) is 72.9 Å². The molecule has 0 rings (SSSR count). The van der Waals surface area contributed by atoms with Crippen LogP contribution in [0.5, 0.6) is 0 Å². The molecule has 2 N–H and O–H groups in total. The third-order valence-corrected chi connectivity index (χ3v) is 15.9. The lowest BCUT2D eigenvalue weighted by Gasteiger charge is -2.30. The number of allylic oxidation sites excluding steroid dienone is 12. The molecule has 0 spiro atoms. The molecule has 3 unspecified atom stereocenters. The van der Waals surface area contributed by atoms with Crippen molar-refractivity contribution in [2.45, 2.75) is 321 Å². The summed E-state index contributed by atoms with van der Waals surface area (Å²) in [5.74, 6) is -0.178. The lowest BCUT2D eigenvalue weighted by molar-refractivity contribution is -0.870. The van der Waals surface area contributed by atoms with Crippen LogP contribution < -0.4 is 10.2 Å². The Balaban J connectivity index is 4.10. The Morgan fingerprint density at radius 2 is 0.782 bits per heavy atom. The smallest absolute Gasteiger partial charge is 0.268 e. The van der Waals surface area contributed by atoms with Crippen molar-refractivity contribution in [2.24, 2.45) is 0 Å². The van der Waals surface area contributed by atoms with Crippen molar-refractivity contribution in [1.82, 2.24) is 5.32 Å². The topological polar surface area (TPSA) is 108 Å². The first-order valence-electron chi connectivity index (χ1n) is 33.3. The first-order chi connectivity index (χ1) is 38.0. The monoisotopic (exact) mass is 1110 g/mol. The second kappa shape index (κ2) is 59.6. The predicted molar refractivity (Wildman–Crippen MR) is 339 cm³/mol. The standard InChI is InChI=1S/C69H129N2O6P/c1-6-8-10-12-14-16-18-20-22-24-26-28-30-32-33-34-35-36-37-39-40-42-44-46-48-50-52-54-56-58-60-62-68(72)67(66-77-78(74,75)76-65-64-71(3,4)5)70-69(73)63-61-59-57-55-53-51-49-47-45-43-41-38-31-29-27-25-23-21-19-17-15-13-11-9-7-2/h9,11,15,17,21,23,27,29,38,41,45,47,67-68,72H,6-8,10,12-14,16,18-20,22,24-26,28,30-37,39-40,42-44,46,48-66H2,1-5H3,(H-,70,73,74,75)/b11-9-,17-15-,23-21-,29-27-,41-38-,47-45-. The van der Waals surface area contributed by atoms with Crippen molar-refractivity contribution in [2.75, 3.05) is 40.9 Å². The van der Waals surface area contributed by atoms with Gasteiger partial charge in [0.2, 0.25) is 5.91 Å². The van der Waals surface area contributed by atoms with Crippen LogP contribution >= 0.6 is 7.82 Å². The van der Waals surface area contributed by atoms with E-state index in [1.165, 1.54) is 193 Å². The van der Waals surface area contributed by atoms with Crippen LogP contribution in [-0.4, -0.2) is 68.5 Å². The van der Waals surface area contributed by atoms with Crippen LogP contribution in [0.2, 0.25) is 0 Å². The number of likely N-dealkylation sites (N-methyl/N-ethyl adjacent to an activating group) is 1. The second-order valence-electron chi connectivity index (χ2n) is 23.8. The number of phosphoric ester groups is 1. The first kappa shape index (κ1) is 75.9. The van der Waals surface area contributed by atoms with Gasteiger partial charge in [0.15, 0.2) is 0 Å². The Hall–Kier alpha value is -2.06. The third kappa shape index (κ3) is 61.6. The summed E-state index contributed by atoms with van der Waals surface area (Å²) in [6.45, 7) is 4.63. The zero-order valence-corrected chi connectivity index (χ0v) is 53.0. The molecule has 0 radical (unpaired) electrons. The fraction of sp³-hybridized carbons (Fsp3) is 0.812. The average molecular weight is 1110 g/mol. The molecule has 0 aromatic rings. The molecule has 0 bridgehead atoms. The van der Waals surface area contributed by atoms with Crippen molar-refractivity contribution in [3.63, 3.8) is 0 Å². The predicted octanol–water partition coefficient (Wildman–Crippen LogP) is 20.4. The Kier molecular flexibility index (Phi) is 58.0. The number of phosphoric acid groups is 1. The summed E-state index contributed by atoms with van der Waals surface area (Å²) < 4.78 is 23.5. The molecule has 8 nitrogen and oxygen atoms in total. The molecule has 9 heteroatoms. The van der Waals surface area contributed by atoms with Crippen LogP contribution in [0.3, 0.4) is 0 Å². The minimum absolute atomic E-state index is 0.00600. The highest BCUT2D eigenvalue weighted by Crippen LogP contribution is 2.38. The van der Waals surface area contributed by atoms with Gasteiger partial charge in [-0.1, -0.05) is 311 Å². The number of quaternary nitrogens is 1. The van der Waals surface area contributed by atoms with Gasteiger partial charge in [-0.25, -0.2) is 0 Å². The highest BCUT2D eigenvalue weighted by Gasteiger charge is 2.24. The molecule has 78 heavy (non-hydrogen) atoms. The Morgan fingerprint density at radius 3 is 1.14 bits per heavy atom. The number of carbonyl (C=O) groups is 1. The molecule has 0 aliphatic carbocycles. The fourth-order valence-corrected chi connectivity index (χ4v) is 10.5. The second-order valence-corrected chi connectivity index (χ2v) is 25.2. The SMILES string of the molecule is CC/C=C\C/C=C\C/C=C\C/C=C\C/C=C\C/C=C\CCCCCCCCC(=O)NC(COP(=O)([O-])OCC[N+](C)(C)C)C(O)CCCCCCCCCCCCCCCCCCCCCCCCCCCCCCCCC. The summed E-state index contributed by atoms with van der Waals surface area (Å²) in [5, 5.41) is 14.1. The molecule has 0 aliphatic rings. The van der Waals surface area contributed by atoms with Gasteiger partial charge in [-0.3, -0.25) is 9.36 Å². The molecular weight excluding hydrogens is 984 g/mol. The van der Waals surface area contributed by atoms with Gasteiger partial charge in [-0.05, 0) is 64.2 Å². The highest BCUT2D eigenvalue weighted by atomic mass is 31.2. The van der Waals surface area contributed by atoms with Crippen molar-refractivity contribution < 1.29 is 32.9 Å². The maximum absolute atomic E-state index is 13.0. The summed E-state index contributed by atoms with van der Waals surface area (Å²) in [6, 6.07) is -0.815. The number of nitrogens with zero attached hydrogens (tertiary/aromatic N) is 1. The number of nitrogens with one attached hydrogen (secondary N) is 1. The molecule has 0 aliphatic heterocycles. The molecule has 3 atom stereocenters. The number of aliphatic hydroxyl groups is 1. The lowest BCUT2D eigenvalue weighted by atomic mass is 10.0. The van der Waals surface area contributed by atoms with Gasteiger partial charge in [0.25, 0.3) is 7.82 Å². The van der Waals surface area contributed by atoms with E-state index in [0.717, 1.165) is 89.9 Å². The Labute approximate surface area is 484 Å². The van der Waals surface area contributed by atoms with Crippen molar-refractivity contribution in [1.29, 1.82) is 0 Å². The summed E-state index contributed by atoms with van der Waals surface area (Å²) in [7, 11) is 1.29. The molecule has 1 amide bonds. The maximum atomic E-state index is 13.0. The van der Waals surface area contributed by atoms with Gasteiger partial charge in [-0.2, -0.15) is 0 Å². The van der Waals surface area contributed by atoms with E-state index in [2.05, 4.69) is 92.1 Å². The average Bonchev–Trinajstić information content (AvgIpc) is 3.41. The zero-order chi connectivity index (χ0) is 57.0. The van der Waals surface area contributed by atoms with E-state index in [9.17, 15) is 19.4 Å². The summed E-state index contributed by atoms with van der Waals surface area (Å²) >= 11 is 0. The van der Waals surface area contributed by atoms with E-state index in [-0.39, 0.29) is 19.1 Å². The fourth-order valence-electron chi connectivity index (χ4n) is 9.81. The van der Waals surface area contributed by atoms with Gasteiger partial charge >= 0.3 is 0 Å². The molecule has 0 fully saturated rings. The quantitative estimate of drug-likeness (QED) is 0.0272. The molecule has 0 aromatic carbocycles. The van der Waals surface area contributed by atoms with E-state index >= 15 is 0 Å². The largest absolute Gasteiger partial charge is 0.756 e. The van der Waals surface area contributed by atoms with E-state index in [4.69, 9.17) is 9.05 Å². The molecule has 0 saturated carbocycles. The van der Waals surface area contributed by atoms with Crippen LogP contribution in [0.4, 0.5) is 0 Å². The minimum Gasteiger partial charge on any atom is -0.756 e. The number of unbranched alkanes of at least 4 members (excludes halogenated alkanes) is 36. The summed E-state index contributed by atoms with van der Waals surface area (Å²) in [6.07, 6.45) is 82.5. The van der Waals surface area contributed by atoms with Gasteiger partial charge < -0.3 is 28.8 Å². The molecule has 0 saturated heterocycles. The van der Waals surface area contributed by atoms with Crippen molar-refractivity contribution in [3.8, 4) is 0 Å². The van der Waals surface area contributed by atoms with Gasteiger partial charge in [0.05, 0.1) is 39.9 Å². The molecule has 456 valence electrons.